The van der Waals surface area contributed by atoms with Crippen LogP contribution in [0.25, 0.3) is 0 Å². The highest BCUT2D eigenvalue weighted by atomic mass is 32.2. The van der Waals surface area contributed by atoms with Crippen molar-refractivity contribution in [2.24, 2.45) is 8.73 Å². The first-order chi connectivity index (χ1) is 9.51. The van der Waals surface area contributed by atoms with E-state index in [1.807, 2.05) is 0 Å². The Labute approximate surface area is 120 Å². The highest BCUT2D eigenvalue weighted by molar-refractivity contribution is 7.89. The lowest BCUT2D eigenvalue weighted by atomic mass is 10.2. The van der Waals surface area contributed by atoms with Gasteiger partial charge in [-0.25, -0.2) is 8.42 Å². The van der Waals surface area contributed by atoms with Crippen LogP contribution >= 0.6 is 0 Å². The number of hydrogen-bond acceptors (Lipinski definition) is 6. The molecule has 0 radical (unpaired) electrons. The smallest absolute Gasteiger partial charge is 0.245 e. The van der Waals surface area contributed by atoms with Gasteiger partial charge in [0.25, 0.3) is 0 Å². The van der Waals surface area contributed by atoms with Crippen molar-refractivity contribution in [2.45, 2.75) is 17.0 Å². The van der Waals surface area contributed by atoms with E-state index in [0.717, 1.165) is 11.4 Å². The summed E-state index contributed by atoms with van der Waals surface area (Å²) in [5.74, 6) is 0. The van der Waals surface area contributed by atoms with E-state index in [4.69, 9.17) is 0 Å². The molecule has 7 nitrogen and oxygen atoms in total. The van der Waals surface area contributed by atoms with Crippen molar-refractivity contribution in [3.63, 3.8) is 0 Å². The molecular formula is C11H14N4O3S2. The molecule has 108 valence electrons. The molecule has 1 aromatic carbocycles. The number of aliphatic hydroxyl groups is 1. The molecular weight excluding hydrogens is 300 g/mol. The number of rotatable bonds is 3. The van der Waals surface area contributed by atoms with Crippen molar-refractivity contribution in [3.05, 3.63) is 18.2 Å². The maximum Gasteiger partial charge on any atom is 0.245 e. The molecule has 3 rings (SSSR count). The SMILES string of the molecule is CN([C@H]1CNC[C@@H]1O)S(=O)(=O)c1cccc2c1N=S=N2. The number of likely N-dealkylation sites (N-methyl/N-ethyl adjacent to an activating group) is 1. The highest BCUT2D eigenvalue weighted by Gasteiger charge is 2.37. The van der Waals surface area contributed by atoms with Crippen molar-refractivity contribution < 1.29 is 13.5 Å². The average Bonchev–Trinajstić information content (AvgIpc) is 3.05. The molecule has 0 amide bonds. The van der Waals surface area contributed by atoms with Gasteiger partial charge in [-0.15, -0.1) is 0 Å². The van der Waals surface area contributed by atoms with Gasteiger partial charge in [0.05, 0.1) is 23.5 Å². The number of hydrogen-bond donors (Lipinski definition) is 2. The van der Waals surface area contributed by atoms with Crippen LogP contribution in [0.4, 0.5) is 11.4 Å². The summed E-state index contributed by atoms with van der Waals surface area (Å²) < 4.78 is 34.7. The Kier molecular flexibility index (Phi) is 3.46. The quantitative estimate of drug-likeness (QED) is 0.855. The van der Waals surface area contributed by atoms with E-state index in [2.05, 4.69) is 14.0 Å². The molecule has 2 heterocycles. The minimum atomic E-state index is -3.71. The molecule has 0 bridgehead atoms. The normalized spacial score (nSPS) is 24.9. The zero-order chi connectivity index (χ0) is 14.3. The second-order valence-corrected chi connectivity index (χ2v) is 7.20. The van der Waals surface area contributed by atoms with E-state index in [9.17, 15) is 13.5 Å². The van der Waals surface area contributed by atoms with Gasteiger partial charge < -0.3 is 10.4 Å². The van der Waals surface area contributed by atoms with Crippen molar-refractivity contribution in [3.8, 4) is 0 Å². The van der Waals surface area contributed by atoms with Crippen LogP contribution in [0.1, 0.15) is 0 Å². The van der Waals surface area contributed by atoms with Crippen LogP contribution in [0.15, 0.2) is 31.8 Å². The van der Waals surface area contributed by atoms with E-state index < -0.39 is 22.2 Å². The fourth-order valence-electron chi connectivity index (χ4n) is 2.34. The van der Waals surface area contributed by atoms with Crippen molar-refractivity contribution in [2.75, 3.05) is 20.1 Å². The molecule has 1 aromatic rings. The first-order valence-electron chi connectivity index (χ1n) is 6.10. The summed E-state index contributed by atoms with van der Waals surface area (Å²) in [6, 6.07) is 4.42. The molecule has 20 heavy (non-hydrogen) atoms. The number of sulfonamides is 1. The van der Waals surface area contributed by atoms with Crippen LogP contribution in [0, 0.1) is 0 Å². The second kappa shape index (κ2) is 5.01. The highest BCUT2D eigenvalue weighted by Crippen LogP contribution is 2.38. The summed E-state index contributed by atoms with van der Waals surface area (Å²) in [4.78, 5) is 0.130. The molecule has 2 aliphatic heterocycles. The molecule has 0 saturated carbocycles. The third-order valence-electron chi connectivity index (χ3n) is 3.52. The molecule has 2 N–H and O–H groups in total. The Morgan fingerprint density at radius 2 is 2.20 bits per heavy atom. The number of aliphatic hydroxyl groups excluding tert-OH is 1. The Morgan fingerprint density at radius 3 is 2.90 bits per heavy atom. The summed E-state index contributed by atoms with van der Waals surface area (Å²) in [5.41, 5.74) is 0.944. The zero-order valence-electron chi connectivity index (χ0n) is 10.7. The lowest BCUT2D eigenvalue weighted by Crippen LogP contribution is -2.44. The minimum absolute atomic E-state index is 0.130. The van der Waals surface area contributed by atoms with Crippen LogP contribution in [-0.4, -0.2) is 50.1 Å². The first kappa shape index (κ1) is 13.8. The predicted octanol–water partition coefficient (Wildman–Crippen LogP) is 0.366. The van der Waals surface area contributed by atoms with E-state index >= 15 is 0 Å². The summed E-state index contributed by atoms with van der Waals surface area (Å²) >= 11 is 0.983. The zero-order valence-corrected chi connectivity index (χ0v) is 12.4. The minimum Gasteiger partial charge on any atom is -0.390 e. The maximum absolute atomic E-state index is 12.7. The number of nitrogens with one attached hydrogen (secondary N) is 1. The number of fused-ring (bicyclic) bond motifs is 1. The number of β-amino-alcohol motifs (C(OH)–C–C–N with tert-alkyl or cyclic N) is 1. The van der Waals surface area contributed by atoms with E-state index in [1.54, 1.807) is 12.1 Å². The van der Waals surface area contributed by atoms with Gasteiger partial charge in [0, 0.05) is 20.1 Å². The van der Waals surface area contributed by atoms with Gasteiger partial charge in [-0.3, -0.25) is 0 Å². The topological polar surface area (TPSA) is 94.4 Å². The lowest BCUT2D eigenvalue weighted by molar-refractivity contribution is 0.136. The third kappa shape index (κ3) is 2.11. The largest absolute Gasteiger partial charge is 0.390 e. The first-order valence-corrected chi connectivity index (χ1v) is 8.27. The summed E-state index contributed by atoms with van der Waals surface area (Å²) in [5, 5.41) is 12.8. The lowest BCUT2D eigenvalue weighted by Gasteiger charge is -2.26. The maximum atomic E-state index is 12.7. The van der Waals surface area contributed by atoms with Crippen LogP contribution in [-0.2, 0) is 21.4 Å². The summed E-state index contributed by atoms with van der Waals surface area (Å²) in [6.45, 7) is 0.829. The van der Waals surface area contributed by atoms with Crippen LogP contribution < -0.4 is 5.32 Å². The fraction of sp³-hybridized carbons (Fsp3) is 0.455. The Balaban J connectivity index is 2.01. The molecule has 1 saturated heterocycles. The number of nitrogens with zero attached hydrogens (tertiary/aromatic N) is 3. The fourth-order valence-corrected chi connectivity index (χ4v) is 4.48. The van der Waals surface area contributed by atoms with Crippen LogP contribution in [0.5, 0.6) is 0 Å². The number of benzene rings is 1. The van der Waals surface area contributed by atoms with Gasteiger partial charge in [0.1, 0.15) is 16.3 Å². The van der Waals surface area contributed by atoms with Crippen LogP contribution in [0.2, 0.25) is 0 Å². The monoisotopic (exact) mass is 314 g/mol. The van der Waals surface area contributed by atoms with E-state index in [-0.39, 0.29) is 4.90 Å². The molecule has 0 spiro atoms. The summed E-state index contributed by atoms with van der Waals surface area (Å²) in [6.07, 6.45) is -0.706. The van der Waals surface area contributed by atoms with Gasteiger partial charge in [-0.05, 0) is 12.1 Å². The van der Waals surface area contributed by atoms with Crippen LogP contribution in [0.3, 0.4) is 0 Å². The molecule has 1 fully saturated rings. The molecule has 0 unspecified atom stereocenters. The van der Waals surface area contributed by atoms with Crippen molar-refractivity contribution in [1.82, 2.24) is 9.62 Å². The Bertz CT molecular complexity index is 712. The van der Waals surface area contributed by atoms with Gasteiger partial charge in [-0.2, -0.15) is 13.0 Å². The third-order valence-corrected chi connectivity index (χ3v) is 5.98. The molecule has 0 aliphatic carbocycles. The van der Waals surface area contributed by atoms with Gasteiger partial charge in [0.2, 0.25) is 10.0 Å². The van der Waals surface area contributed by atoms with E-state index in [1.165, 1.54) is 17.4 Å². The van der Waals surface area contributed by atoms with Gasteiger partial charge in [-0.1, -0.05) is 6.07 Å². The molecule has 0 aromatic heterocycles. The molecule has 2 atom stereocenters. The second-order valence-electron chi connectivity index (χ2n) is 4.70. The van der Waals surface area contributed by atoms with E-state index in [0.29, 0.717) is 24.5 Å². The van der Waals surface area contributed by atoms with Gasteiger partial charge >= 0.3 is 0 Å². The Morgan fingerprint density at radius 1 is 1.40 bits per heavy atom. The van der Waals surface area contributed by atoms with Gasteiger partial charge in [0.15, 0.2) is 0 Å². The average molecular weight is 314 g/mol. The standard InChI is InChI=1S/C11H14N4O3S2/c1-15(8-5-12-6-9(8)16)20(17,18)10-4-2-3-7-11(10)14-19-13-7/h2-4,8-9,12,16H,5-6H2,1H3/t8-,9-/m0/s1. The Hall–Kier alpha value is -1.13. The molecule has 9 heteroatoms. The predicted molar refractivity (Wildman–Crippen MR) is 75.6 cm³/mol. The van der Waals surface area contributed by atoms with Crippen molar-refractivity contribution >= 4 is 32.8 Å². The summed E-state index contributed by atoms with van der Waals surface area (Å²) in [7, 11) is -2.23. The van der Waals surface area contributed by atoms with Crippen molar-refractivity contribution in [1.29, 1.82) is 0 Å². The molecule has 2 aliphatic rings.